The van der Waals surface area contributed by atoms with Gasteiger partial charge in [-0.3, -0.25) is 9.59 Å². The number of Topliss-reactive ketones (excluding diaryl/α,β-unsaturated/α-hetero) is 1. The molecular weight excluding hydrogens is 384 g/mol. The number of methoxy groups -OCH3 is 1. The minimum Gasteiger partial charge on any atom is -0.495 e. The third-order valence-electron chi connectivity index (χ3n) is 4.13. The molecule has 0 bridgehead atoms. The largest absolute Gasteiger partial charge is 0.495 e. The van der Waals surface area contributed by atoms with Gasteiger partial charge in [-0.15, -0.1) is 5.11 Å². The number of rotatable bonds is 7. The quantitative estimate of drug-likeness (QED) is 0.479. The van der Waals surface area contributed by atoms with Gasteiger partial charge in [-0.1, -0.05) is 30.3 Å². The lowest BCUT2D eigenvalue weighted by atomic mass is 10.2. The highest BCUT2D eigenvalue weighted by Crippen LogP contribution is 2.25. The van der Waals surface area contributed by atoms with E-state index in [2.05, 4.69) is 20.6 Å². The minimum absolute atomic E-state index is 0.125. The molecule has 3 aromatic rings. The first-order valence-electron chi connectivity index (χ1n) is 8.94. The van der Waals surface area contributed by atoms with Gasteiger partial charge in [-0.05, 0) is 31.2 Å². The summed E-state index contributed by atoms with van der Waals surface area (Å²) in [5.41, 5.74) is 1.22. The first kappa shape index (κ1) is 20.4. The smallest absolute Gasteiger partial charge is 0.258 e. The fourth-order valence-corrected chi connectivity index (χ4v) is 2.66. The number of hydrogen-bond acceptors (Lipinski definition) is 7. The van der Waals surface area contributed by atoms with Crippen LogP contribution in [0.25, 0.3) is 5.69 Å². The fourth-order valence-electron chi connectivity index (χ4n) is 2.66. The number of ketones is 1. The monoisotopic (exact) mass is 402 g/mol. The maximum Gasteiger partial charge on any atom is 0.258 e. The Kier molecular flexibility index (Phi) is 6.29. The van der Waals surface area contributed by atoms with Crippen molar-refractivity contribution in [1.82, 2.24) is 9.78 Å². The summed E-state index contributed by atoms with van der Waals surface area (Å²) in [6, 6.07) is 16.4. The van der Waals surface area contributed by atoms with Crippen molar-refractivity contribution in [3.05, 3.63) is 66.4 Å². The number of anilines is 1. The van der Waals surface area contributed by atoms with Crippen LogP contribution in [0.15, 0.2) is 71.0 Å². The summed E-state index contributed by atoms with van der Waals surface area (Å²) >= 11 is 0. The molecule has 2 aromatic carbocycles. The van der Waals surface area contributed by atoms with Gasteiger partial charge in [0.1, 0.15) is 17.4 Å². The number of nitriles is 1. The number of azo groups is 1. The molecule has 0 saturated carbocycles. The number of nitrogens with zero attached hydrogens (tertiary/aromatic N) is 5. The number of hydrogen-bond donors (Lipinski definition) is 1. The Bertz CT molecular complexity index is 1130. The highest BCUT2D eigenvalue weighted by Gasteiger charge is 2.25. The Morgan fingerprint density at radius 3 is 2.53 bits per heavy atom. The van der Waals surface area contributed by atoms with Crippen LogP contribution in [0, 0.1) is 11.3 Å². The molecule has 1 atom stereocenters. The third-order valence-corrected chi connectivity index (χ3v) is 4.13. The van der Waals surface area contributed by atoms with Crippen molar-refractivity contribution < 1.29 is 14.3 Å². The number of nitrogens with one attached hydrogen (secondary N) is 1. The number of carbonyl (C=O) groups excluding carboxylic acids is 2. The number of para-hydroxylation sites is 3. The molecule has 0 saturated heterocycles. The van der Waals surface area contributed by atoms with Gasteiger partial charge in [-0.25, -0.2) is 4.68 Å². The van der Waals surface area contributed by atoms with Gasteiger partial charge in [0, 0.05) is 0 Å². The third kappa shape index (κ3) is 4.39. The Morgan fingerprint density at radius 1 is 1.17 bits per heavy atom. The second kappa shape index (κ2) is 9.25. The zero-order chi connectivity index (χ0) is 21.5. The Morgan fingerprint density at radius 2 is 1.87 bits per heavy atom. The summed E-state index contributed by atoms with van der Waals surface area (Å²) in [6.45, 7) is 1.24. The topological polar surface area (TPSA) is 122 Å². The van der Waals surface area contributed by atoms with Crippen LogP contribution in [0.1, 0.15) is 12.5 Å². The number of benzene rings is 2. The maximum atomic E-state index is 12.7. The van der Waals surface area contributed by atoms with Crippen LogP contribution >= 0.6 is 0 Å². The van der Waals surface area contributed by atoms with Crippen LogP contribution in [0.2, 0.25) is 0 Å². The molecule has 0 radical (unpaired) electrons. The van der Waals surface area contributed by atoms with Gasteiger partial charge in [-0.2, -0.15) is 15.5 Å². The van der Waals surface area contributed by atoms with E-state index in [0.29, 0.717) is 17.1 Å². The van der Waals surface area contributed by atoms with Crippen molar-refractivity contribution in [1.29, 1.82) is 5.26 Å². The lowest BCUT2D eigenvalue weighted by Gasteiger charge is -2.12. The van der Waals surface area contributed by atoms with E-state index in [1.807, 2.05) is 24.3 Å². The van der Waals surface area contributed by atoms with Crippen molar-refractivity contribution in [3.63, 3.8) is 0 Å². The predicted molar refractivity (Wildman–Crippen MR) is 109 cm³/mol. The maximum absolute atomic E-state index is 12.7. The lowest BCUT2D eigenvalue weighted by Crippen LogP contribution is -2.32. The number of ether oxygens (including phenoxy) is 1. The summed E-state index contributed by atoms with van der Waals surface area (Å²) in [4.78, 5) is 24.7. The zero-order valence-corrected chi connectivity index (χ0v) is 16.3. The van der Waals surface area contributed by atoms with E-state index in [1.54, 1.807) is 36.4 Å². The Hall–Kier alpha value is -4.32. The number of aromatic nitrogens is 2. The van der Waals surface area contributed by atoms with Crippen LogP contribution in [-0.4, -0.2) is 34.6 Å². The molecule has 1 amide bonds. The van der Waals surface area contributed by atoms with Crippen LogP contribution < -0.4 is 10.1 Å². The van der Waals surface area contributed by atoms with Crippen molar-refractivity contribution in [2.75, 3.05) is 12.4 Å². The van der Waals surface area contributed by atoms with E-state index in [0.717, 1.165) is 0 Å². The summed E-state index contributed by atoms with van der Waals surface area (Å²) < 4.78 is 6.61. The molecule has 3 rings (SSSR count). The summed E-state index contributed by atoms with van der Waals surface area (Å²) in [5.74, 6) is -0.602. The second-order valence-corrected chi connectivity index (χ2v) is 6.16. The number of amides is 1. The summed E-state index contributed by atoms with van der Waals surface area (Å²) in [7, 11) is 1.47. The van der Waals surface area contributed by atoms with E-state index in [1.165, 1.54) is 24.9 Å². The molecule has 1 unspecified atom stereocenters. The Labute approximate surface area is 172 Å². The average Bonchev–Trinajstić information content (AvgIpc) is 3.17. The molecule has 30 heavy (non-hydrogen) atoms. The standard InChI is InChI=1S/C21H18N6O3/c1-14(28)19(21(29)24-17-10-6-7-11-18(17)30-2)25-26-20-15(12-22)13-23-27(20)16-8-4-3-5-9-16/h3-11,13,19H,1-2H3,(H,24,29). The Balaban J connectivity index is 1.91. The zero-order valence-electron chi connectivity index (χ0n) is 16.3. The molecule has 0 aliphatic rings. The van der Waals surface area contributed by atoms with E-state index < -0.39 is 17.7 Å². The molecule has 1 N–H and O–H groups in total. The molecule has 0 aliphatic carbocycles. The van der Waals surface area contributed by atoms with Crippen molar-refractivity contribution in [2.45, 2.75) is 13.0 Å². The van der Waals surface area contributed by atoms with Gasteiger partial charge < -0.3 is 10.1 Å². The molecule has 0 fully saturated rings. The van der Waals surface area contributed by atoms with Crippen LogP contribution in [-0.2, 0) is 9.59 Å². The molecular formula is C21H18N6O3. The van der Waals surface area contributed by atoms with Gasteiger partial charge >= 0.3 is 0 Å². The van der Waals surface area contributed by atoms with Gasteiger partial charge in [0.2, 0.25) is 6.04 Å². The van der Waals surface area contributed by atoms with E-state index in [-0.39, 0.29) is 11.4 Å². The van der Waals surface area contributed by atoms with E-state index in [9.17, 15) is 14.9 Å². The average molecular weight is 402 g/mol. The minimum atomic E-state index is -1.40. The second-order valence-electron chi connectivity index (χ2n) is 6.16. The lowest BCUT2D eigenvalue weighted by molar-refractivity contribution is -0.126. The first-order chi connectivity index (χ1) is 14.5. The van der Waals surface area contributed by atoms with Crippen LogP contribution in [0.3, 0.4) is 0 Å². The van der Waals surface area contributed by atoms with Gasteiger partial charge in [0.25, 0.3) is 5.91 Å². The summed E-state index contributed by atoms with van der Waals surface area (Å²) in [6.07, 6.45) is 1.35. The predicted octanol–water partition coefficient (Wildman–Crippen LogP) is 3.43. The normalized spacial score (nSPS) is 11.6. The van der Waals surface area contributed by atoms with Crippen LogP contribution in [0.4, 0.5) is 11.5 Å². The van der Waals surface area contributed by atoms with Gasteiger partial charge in [0.05, 0.1) is 24.7 Å². The molecule has 0 aliphatic heterocycles. The first-order valence-corrected chi connectivity index (χ1v) is 8.94. The van der Waals surface area contributed by atoms with Crippen LogP contribution in [0.5, 0.6) is 5.75 Å². The fraction of sp³-hybridized carbons (Fsp3) is 0.143. The molecule has 9 nitrogen and oxygen atoms in total. The molecule has 9 heteroatoms. The van der Waals surface area contributed by atoms with Crippen molar-refractivity contribution >= 4 is 23.2 Å². The molecule has 150 valence electrons. The number of carbonyl (C=O) groups is 2. The van der Waals surface area contributed by atoms with E-state index >= 15 is 0 Å². The molecule has 1 aromatic heterocycles. The van der Waals surface area contributed by atoms with Crippen molar-refractivity contribution in [3.8, 4) is 17.5 Å². The highest BCUT2D eigenvalue weighted by atomic mass is 16.5. The highest BCUT2D eigenvalue weighted by molar-refractivity contribution is 6.10. The van der Waals surface area contributed by atoms with Crippen molar-refractivity contribution in [2.24, 2.45) is 10.2 Å². The van der Waals surface area contributed by atoms with E-state index in [4.69, 9.17) is 4.74 Å². The molecule has 0 spiro atoms. The molecule has 1 heterocycles. The summed E-state index contributed by atoms with van der Waals surface area (Å²) in [5, 5.41) is 24.1. The van der Waals surface area contributed by atoms with Gasteiger partial charge in [0.15, 0.2) is 11.6 Å². The SMILES string of the molecule is COc1ccccc1NC(=O)C(N=Nc1c(C#N)cnn1-c1ccccc1)C(C)=O.